The molecule has 0 fully saturated rings. The fourth-order valence-electron chi connectivity index (χ4n) is 1.37. The maximum absolute atomic E-state index is 13.3. The Morgan fingerprint density at radius 1 is 1.09 bits per heavy atom. The molecule has 0 saturated carbocycles. The lowest BCUT2D eigenvalue weighted by Crippen LogP contribution is -2.36. The van der Waals surface area contributed by atoms with Crippen molar-refractivity contribution >= 4 is 11.9 Å². The molecule has 0 aromatic heterocycles. The number of ketones is 1. The van der Waals surface area contributed by atoms with E-state index in [2.05, 4.69) is 10.1 Å². The van der Waals surface area contributed by atoms with Gasteiger partial charge in [0.05, 0.1) is 6.54 Å². The third-order valence-electron chi connectivity index (χ3n) is 2.28. The highest BCUT2D eigenvalue weighted by molar-refractivity contribution is 5.85. The Bertz CT molecular complexity index is 588. The minimum atomic E-state index is -1.75. The van der Waals surface area contributed by atoms with E-state index in [1.54, 1.807) is 20.8 Å². The van der Waals surface area contributed by atoms with Crippen LogP contribution < -0.4 is 10.1 Å². The van der Waals surface area contributed by atoms with E-state index in [0.29, 0.717) is 0 Å². The van der Waals surface area contributed by atoms with E-state index >= 15 is 0 Å². The maximum atomic E-state index is 13.3. The smallest absolute Gasteiger partial charge is 0.408 e. The van der Waals surface area contributed by atoms with Crippen LogP contribution in [0.15, 0.2) is 6.07 Å². The lowest BCUT2D eigenvalue weighted by Gasteiger charge is -2.19. The fourth-order valence-corrected chi connectivity index (χ4v) is 1.37. The quantitative estimate of drug-likeness (QED) is 0.663. The molecule has 1 aromatic rings. The molecule has 0 heterocycles. The maximum Gasteiger partial charge on any atom is 0.408 e. The van der Waals surface area contributed by atoms with Crippen LogP contribution in [0.3, 0.4) is 0 Å². The number of rotatable bonds is 5. The zero-order chi connectivity index (χ0) is 17.8. The zero-order valence-electron chi connectivity index (χ0n) is 12.6. The number of ether oxygens (including phenoxy) is 2. The predicted octanol–water partition coefficient (Wildman–Crippen LogP) is 2.72. The van der Waals surface area contributed by atoms with Crippen molar-refractivity contribution in [1.29, 1.82) is 0 Å². The molecule has 1 amide bonds. The largest absolute Gasteiger partial charge is 0.479 e. The van der Waals surface area contributed by atoms with E-state index in [-0.39, 0.29) is 6.07 Å². The molecule has 0 bridgehead atoms. The Labute approximate surface area is 129 Å². The summed E-state index contributed by atoms with van der Waals surface area (Å²) in [7, 11) is 0. The molecule has 0 aliphatic carbocycles. The second-order valence-electron chi connectivity index (χ2n) is 5.48. The third kappa shape index (κ3) is 5.76. The fraction of sp³-hybridized carbons (Fsp3) is 0.429. The number of halogens is 4. The molecule has 23 heavy (non-hydrogen) atoms. The van der Waals surface area contributed by atoms with E-state index in [0.717, 1.165) is 0 Å². The number of hydrogen-bond donors (Lipinski definition) is 1. The lowest BCUT2D eigenvalue weighted by molar-refractivity contribution is -0.120. The van der Waals surface area contributed by atoms with E-state index in [1.165, 1.54) is 0 Å². The molecular formula is C14H15F4NO4. The van der Waals surface area contributed by atoms with Crippen molar-refractivity contribution in [3.63, 3.8) is 0 Å². The molecular weight excluding hydrogens is 322 g/mol. The van der Waals surface area contributed by atoms with Crippen molar-refractivity contribution in [2.75, 3.05) is 13.2 Å². The SMILES string of the molecule is CC(C)(C)OC(=O)NCC(=O)COc1c(F)c(F)cc(F)c1F. The molecule has 1 rings (SSSR count). The third-order valence-corrected chi connectivity index (χ3v) is 2.28. The van der Waals surface area contributed by atoms with Crippen LogP contribution in [-0.4, -0.2) is 30.6 Å². The molecule has 0 spiro atoms. The average molecular weight is 337 g/mol. The van der Waals surface area contributed by atoms with Gasteiger partial charge in [0, 0.05) is 6.07 Å². The average Bonchev–Trinajstić information content (AvgIpc) is 2.41. The van der Waals surface area contributed by atoms with Gasteiger partial charge in [-0.25, -0.2) is 13.6 Å². The van der Waals surface area contributed by atoms with E-state index in [9.17, 15) is 27.2 Å². The number of amides is 1. The highest BCUT2D eigenvalue weighted by atomic mass is 19.2. The molecule has 1 N–H and O–H groups in total. The Morgan fingerprint density at radius 3 is 2.09 bits per heavy atom. The standard InChI is InChI=1S/C14H15F4NO4/c1-14(2,3)23-13(21)19-5-7(20)6-22-12-10(17)8(15)4-9(16)11(12)18/h4H,5-6H2,1-3H3,(H,19,21). The number of carbonyl (C=O) groups excluding carboxylic acids is 2. The topological polar surface area (TPSA) is 64.6 Å². The summed E-state index contributed by atoms with van der Waals surface area (Å²) in [6.45, 7) is 3.40. The summed E-state index contributed by atoms with van der Waals surface area (Å²) in [6, 6.07) is 0.0173. The first-order valence-corrected chi connectivity index (χ1v) is 6.45. The van der Waals surface area contributed by atoms with Crippen LogP contribution in [0, 0.1) is 23.3 Å². The van der Waals surface area contributed by atoms with Crippen molar-refractivity contribution < 1.29 is 36.6 Å². The molecule has 9 heteroatoms. The van der Waals surface area contributed by atoms with Crippen LogP contribution in [-0.2, 0) is 9.53 Å². The zero-order valence-corrected chi connectivity index (χ0v) is 12.6. The first kappa shape index (κ1) is 18.7. The first-order chi connectivity index (χ1) is 10.5. The van der Waals surface area contributed by atoms with Gasteiger partial charge in [0.1, 0.15) is 12.2 Å². The Kier molecular flexibility index (Phi) is 5.94. The van der Waals surface area contributed by atoms with Gasteiger partial charge in [-0.1, -0.05) is 0 Å². The van der Waals surface area contributed by atoms with Crippen LogP contribution in [0.25, 0.3) is 0 Å². The molecule has 0 radical (unpaired) electrons. The normalized spacial score (nSPS) is 11.1. The minimum Gasteiger partial charge on any atom is -0.479 e. The van der Waals surface area contributed by atoms with Crippen LogP contribution in [0.2, 0.25) is 0 Å². The molecule has 0 saturated heterocycles. The van der Waals surface area contributed by atoms with Crippen molar-refractivity contribution in [2.45, 2.75) is 26.4 Å². The summed E-state index contributed by atoms with van der Waals surface area (Å²) >= 11 is 0. The minimum absolute atomic E-state index is 0.0173. The highest BCUT2D eigenvalue weighted by Gasteiger charge is 2.22. The van der Waals surface area contributed by atoms with Crippen molar-refractivity contribution in [2.24, 2.45) is 0 Å². The van der Waals surface area contributed by atoms with Gasteiger partial charge >= 0.3 is 6.09 Å². The molecule has 5 nitrogen and oxygen atoms in total. The Morgan fingerprint density at radius 2 is 1.61 bits per heavy atom. The molecule has 1 aromatic carbocycles. The Hall–Kier alpha value is -2.32. The summed E-state index contributed by atoms with van der Waals surface area (Å²) in [5.41, 5.74) is -0.769. The second kappa shape index (κ2) is 7.30. The van der Waals surface area contributed by atoms with E-state index in [4.69, 9.17) is 4.74 Å². The lowest BCUT2D eigenvalue weighted by atomic mass is 10.2. The molecule has 0 aliphatic rings. The Balaban J connectivity index is 2.56. The number of Topliss-reactive ketones (excluding diaryl/α,β-unsaturated/α-hetero) is 1. The summed E-state index contributed by atoms with van der Waals surface area (Å²) in [4.78, 5) is 22.7. The number of nitrogens with one attached hydrogen (secondary N) is 1. The van der Waals surface area contributed by atoms with Gasteiger partial charge < -0.3 is 14.8 Å². The van der Waals surface area contributed by atoms with Crippen molar-refractivity contribution in [3.05, 3.63) is 29.3 Å². The summed E-state index contributed by atoms with van der Waals surface area (Å²) in [5, 5.41) is 2.10. The van der Waals surface area contributed by atoms with Crippen molar-refractivity contribution in [3.8, 4) is 5.75 Å². The van der Waals surface area contributed by atoms with Gasteiger partial charge in [-0.2, -0.15) is 8.78 Å². The van der Waals surface area contributed by atoms with Gasteiger partial charge in [0.15, 0.2) is 23.2 Å². The molecule has 0 aliphatic heterocycles. The van der Waals surface area contributed by atoms with Crippen LogP contribution in [0.1, 0.15) is 20.8 Å². The van der Waals surface area contributed by atoms with E-state index in [1.807, 2.05) is 0 Å². The van der Waals surface area contributed by atoms with Crippen molar-refractivity contribution in [1.82, 2.24) is 5.32 Å². The van der Waals surface area contributed by atoms with Crippen LogP contribution >= 0.6 is 0 Å². The number of benzene rings is 1. The first-order valence-electron chi connectivity index (χ1n) is 6.45. The number of carbonyl (C=O) groups is 2. The molecule has 0 atom stereocenters. The van der Waals surface area contributed by atoms with Gasteiger partial charge in [0.2, 0.25) is 11.6 Å². The number of alkyl carbamates (subject to hydrolysis) is 1. The van der Waals surface area contributed by atoms with Crippen LogP contribution in [0.5, 0.6) is 5.75 Å². The summed E-state index contributed by atoms with van der Waals surface area (Å²) in [6.07, 6.45) is -0.875. The monoisotopic (exact) mass is 337 g/mol. The van der Waals surface area contributed by atoms with Gasteiger partial charge in [-0.3, -0.25) is 4.79 Å². The van der Waals surface area contributed by atoms with Gasteiger partial charge in [-0.05, 0) is 20.8 Å². The summed E-state index contributed by atoms with van der Waals surface area (Å²) in [5.74, 6) is -8.95. The van der Waals surface area contributed by atoms with Gasteiger partial charge in [0.25, 0.3) is 0 Å². The molecule has 128 valence electrons. The van der Waals surface area contributed by atoms with Gasteiger partial charge in [-0.15, -0.1) is 0 Å². The molecule has 0 unspecified atom stereocenters. The highest BCUT2D eigenvalue weighted by Crippen LogP contribution is 2.26. The van der Waals surface area contributed by atoms with Crippen LogP contribution in [0.4, 0.5) is 22.4 Å². The second-order valence-corrected chi connectivity index (χ2v) is 5.48. The predicted molar refractivity (Wildman–Crippen MR) is 71.0 cm³/mol. The van der Waals surface area contributed by atoms with E-state index < -0.39 is 59.6 Å². The summed E-state index contributed by atoms with van der Waals surface area (Å²) < 4.78 is 61.8. The number of hydrogen-bond acceptors (Lipinski definition) is 4.